The van der Waals surface area contributed by atoms with Crippen LogP contribution >= 0.6 is 0 Å². The van der Waals surface area contributed by atoms with E-state index in [1.54, 1.807) is 6.20 Å². The summed E-state index contributed by atoms with van der Waals surface area (Å²) in [4.78, 5) is 16.1. The molecular formula is C18H24N2O2. The topological polar surface area (TPSA) is 55.1 Å². The highest BCUT2D eigenvalue weighted by atomic mass is 16.4. The van der Waals surface area contributed by atoms with Crippen LogP contribution in [0.5, 0.6) is 0 Å². The molecule has 0 fully saturated rings. The summed E-state index contributed by atoms with van der Waals surface area (Å²) in [5.74, 6) is 0.981. The minimum absolute atomic E-state index is 0.0584. The Morgan fingerprint density at radius 2 is 1.95 bits per heavy atom. The Bertz CT molecular complexity index is 686. The monoisotopic (exact) mass is 300 g/mol. The summed E-state index contributed by atoms with van der Waals surface area (Å²) in [5.41, 5.74) is 4.37. The van der Waals surface area contributed by atoms with E-state index in [1.165, 1.54) is 15.7 Å². The molecule has 22 heavy (non-hydrogen) atoms. The van der Waals surface area contributed by atoms with Crippen LogP contribution < -0.4 is 0 Å². The molecular weight excluding hydrogens is 276 g/mol. The Morgan fingerprint density at radius 3 is 2.55 bits per heavy atom. The van der Waals surface area contributed by atoms with E-state index in [2.05, 4.69) is 44.8 Å². The summed E-state index contributed by atoms with van der Waals surface area (Å²) in [6.45, 7) is 10.4. The van der Waals surface area contributed by atoms with Gasteiger partial charge < -0.3 is 5.11 Å². The fourth-order valence-corrected chi connectivity index (χ4v) is 2.80. The van der Waals surface area contributed by atoms with E-state index in [0.29, 0.717) is 11.7 Å². The Balaban J connectivity index is 2.48. The van der Waals surface area contributed by atoms with Gasteiger partial charge in [0.2, 0.25) is 0 Å². The predicted octanol–water partition coefficient (Wildman–Crippen LogP) is 4.38. The SMILES string of the molecule is Cc1cccc([C@H](C)c2nc(CC(C)C)cn2C(=O)O)c1C. The summed E-state index contributed by atoms with van der Waals surface area (Å²) in [5, 5.41) is 9.46. The molecule has 1 aromatic heterocycles. The molecule has 0 amide bonds. The summed E-state index contributed by atoms with van der Waals surface area (Å²) in [6.07, 6.45) is 1.46. The van der Waals surface area contributed by atoms with E-state index in [4.69, 9.17) is 0 Å². The number of imidazole rings is 1. The molecule has 1 aromatic carbocycles. The Morgan fingerprint density at radius 1 is 1.27 bits per heavy atom. The third kappa shape index (κ3) is 3.21. The van der Waals surface area contributed by atoms with Gasteiger partial charge in [0.1, 0.15) is 5.82 Å². The zero-order chi connectivity index (χ0) is 16.4. The highest BCUT2D eigenvalue weighted by Crippen LogP contribution is 2.28. The maximum Gasteiger partial charge on any atom is 0.417 e. The molecule has 1 heterocycles. The van der Waals surface area contributed by atoms with Gasteiger partial charge in [-0.2, -0.15) is 0 Å². The summed E-state index contributed by atoms with van der Waals surface area (Å²) in [6, 6.07) is 6.13. The summed E-state index contributed by atoms with van der Waals surface area (Å²) in [7, 11) is 0. The normalized spacial score (nSPS) is 12.6. The molecule has 2 rings (SSSR count). The third-order valence-corrected chi connectivity index (χ3v) is 4.11. The van der Waals surface area contributed by atoms with E-state index >= 15 is 0 Å². The quantitative estimate of drug-likeness (QED) is 0.911. The number of carboxylic acid groups (broad SMARTS) is 1. The number of benzene rings is 1. The number of hydrogen-bond acceptors (Lipinski definition) is 2. The zero-order valence-corrected chi connectivity index (χ0v) is 13.9. The van der Waals surface area contributed by atoms with Gasteiger partial charge in [-0.1, -0.05) is 39.0 Å². The number of aryl methyl sites for hydroxylation is 1. The number of carbonyl (C=O) groups is 1. The van der Waals surface area contributed by atoms with Gasteiger partial charge in [-0.3, -0.25) is 0 Å². The van der Waals surface area contributed by atoms with Crippen LogP contribution in [0.4, 0.5) is 4.79 Å². The fraction of sp³-hybridized carbons (Fsp3) is 0.444. The number of aromatic nitrogens is 2. The van der Waals surface area contributed by atoms with Gasteiger partial charge >= 0.3 is 6.09 Å². The first kappa shape index (κ1) is 16.3. The van der Waals surface area contributed by atoms with E-state index in [-0.39, 0.29) is 5.92 Å². The van der Waals surface area contributed by atoms with Crippen molar-refractivity contribution in [2.24, 2.45) is 5.92 Å². The van der Waals surface area contributed by atoms with Gasteiger partial charge in [-0.05, 0) is 42.9 Å². The summed E-state index contributed by atoms with van der Waals surface area (Å²) >= 11 is 0. The molecule has 0 radical (unpaired) electrons. The lowest BCUT2D eigenvalue weighted by Crippen LogP contribution is -2.14. The smallest absolute Gasteiger partial charge is 0.417 e. The zero-order valence-electron chi connectivity index (χ0n) is 13.9. The van der Waals surface area contributed by atoms with Crippen molar-refractivity contribution in [2.75, 3.05) is 0 Å². The number of hydrogen-bond donors (Lipinski definition) is 1. The second-order valence-corrected chi connectivity index (χ2v) is 6.35. The molecule has 1 atom stereocenters. The Hall–Kier alpha value is -2.10. The molecule has 118 valence electrons. The molecule has 0 spiro atoms. The molecule has 0 aliphatic heterocycles. The van der Waals surface area contributed by atoms with Crippen LogP contribution in [0.3, 0.4) is 0 Å². The molecule has 0 aliphatic rings. The molecule has 1 N–H and O–H groups in total. The number of rotatable bonds is 4. The van der Waals surface area contributed by atoms with Gasteiger partial charge in [0.05, 0.1) is 5.69 Å². The average Bonchev–Trinajstić information content (AvgIpc) is 2.84. The van der Waals surface area contributed by atoms with Crippen molar-refractivity contribution in [2.45, 2.75) is 47.0 Å². The van der Waals surface area contributed by atoms with Crippen molar-refractivity contribution in [3.8, 4) is 0 Å². The van der Waals surface area contributed by atoms with Crippen LogP contribution in [0, 0.1) is 19.8 Å². The second kappa shape index (κ2) is 6.34. The highest BCUT2D eigenvalue weighted by Gasteiger charge is 2.21. The minimum atomic E-state index is -0.977. The van der Waals surface area contributed by atoms with Gasteiger partial charge in [-0.15, -0.1) is 0 Å². The van der Waals surface area contributed by atoms with Gasteiger partial charge in [0, 0.05) is 12.1 Å². The molecule has 0 saturated carbocycles. The first-order valence-electron chi connectivity index (χ1n) is 7.68. The van der Waals surface area contributed by atoms with Crippen LogP contribution in [0.2, 0.25) is 0 Å². The molecule has 4 nitrogen and oxygen atoms in total. The van der Waals surface area contributed by atoms with Crippen molar-refractivity contribution in [3.05, 3.63) is 52.6 Å². The minimum Gasteiger partial charge on any atom is -0.464 e. The van der Waals surface area contributed by atoms with Crippen molar-refractivity contribution < 1.29 is 9.90 Å². The van der Waals surface area contributed by atoms with Crippen LogP contribution in [-0.2, 0) is 6.42 Å². The molecule has 0 unspecified atom stereocenters. The van der Waals surface area contributed by atoms with Crippen LogP contribution in [-0.4, -0.2) is 20.8 Å². The first-order valence-corrected chi connectivity index (χ1v) is 7.68. The molecule has 4 heteroatoms. The largest absolute Gasteiger partial charge is 0.464 e. The van der Waals surface area contributed by atoms with E-state index in [0.717, 1.165) is 17.7 Å². The highest BCUT2D eigenvalue weighted by molar-refractivity contribution is 5.69. The lowest BCUT2D eigenvalue weighted by Gasteiger charge is -2.16. The van der Waals surface area contributed by atoms with Crippen LogP contribution in [0.15, 0.2) is 24.4 Å². The fourth-order valence-electron chi connectivity index (χ4n) is 2.80. The Kier molecular flexibility index (Phi) is 4.69. The van der Waals surface area contributed by atoms with E-state index < -0.39 is 6.09 Å². The van der Waals surface area contributed by atoms with E-state index in [9.17, 15) is 9.90 Å². The molecule has 0 saturated heterocycles. The van der Waals surface area contributed by atoms with Gasteiger partial charge in [-0.25, -0.2) is 14.3 Å². The lowest BCUT2D eigenvalue weighted by atomic mass is 9.93. The van der Waals surface area contributed by atoms with Crippen molar-refractivity contribution >= 4 is 6.09 Å². The Labute approximate surface area is 131 Å². The number of nitrogens with zero attached hydrogens (tertiary/aromatic N) is 2. The molecule has 0 aliphatic carbocycles. The lowest BCUT2D eigenvalue weighted by molar-refractivity contribution is 0.195. The van der Waals surface area contributed by atoms with Gasteiger partial charge in [0.15, 0.2) is 0 Å². The van der Waals surface area contributed by atoms with Crippen molar-refractivity contribution in [1.29, 1.82) is 0 Å². The third-order valence-electron chi connectivity index (χ3n) is 4.11. The van der Waals surface area contributed by atoms with Crippen molar-refractivity contribution in [3.63, 3.8) is 0 Å². The van der Waals surface area contributed by atoms with E-state index in [1.807, 2.05) is 13.0 Å². The molecule has 0 bridgehead atoms. The predicted molar refractivity (Wildman–Crippen MR) is 87.6 cm³/mol. The van der Waals surface area contributed by atoms with Gasteiger partial charge in [0.25, 0.3) is 0 Å². The first-order chi connectivity index (χ1) is 10.3. The van der Waals surface area contributed by atoms with Crippen LogP contribution in [0.1, 0.15) is 54.9 Å². The second-order valence-electron chi connectivity index (χ2n) is 6.35. The van der Waals surface area contributed by atoms with Crippen molar-refractivity contribution in [1.82, 2.24) is 9.55 Å². The summed E-state index contributed by atoms with van der Waals surface area (Å²) < 4.78 is 1.27. The van der Waals surface area contributed by atoms with Crippen LogP contribution in [0.25, 0.3) is 0 Å². The maximum absolute atomic E-state index is 11.5. The average molecular weight is 300 g/mol. The maximum atomic E-state index is 11.5. The molecule has 2 aromatic rings. The standard InChI is InChI=1S/C18H24N2O2/c1-11(2)9-15-10-20(18(21)22)17(19-15)14(5)16-8-6-7-12(3)13(16)4/h6-8,10-11,14H,9H2,1-5H3,(H,21,22)/t14-/m0/s1.